The highest BCUT2D eigenvalue weighted by Gasteiger charge is 2.60. The lowest BCUT2D eigenvalue weighted by Crippen LogP contribution is -2.17. The number of carbonyl (C=O) groups is 1. The molecule has 2 heterocycles. The number of rotatable bonds is 6. The van der Waals surface area contributed by atoms with Crippen LogP contribution in [0.1, 0.15) is 33.4 Å². The van der Waals surface area contributed by atoms with Crippen LogP contribution in [0.15, 0.2) is 48.3 Å². The number of aromatic nitrogens is 3. The first-order valence-electron chi connectivity index (χ1n) is 8.77. The van der Waals surface area contributed by atoms with Crippen LogP contribution >= 0.6 is 0 Å². The van der Waals surface area contributed by atoms with Gasteiger partial charge >= 0.3 is 0 Å². The topological polar surface area (TPSA) is 59.8 Å². The van der Waals surface area contributed by atoms with E-state index >= 15 is 0 Å². The molecule has 0 bridgehead atoms. The molecule has 0 radical (unpaired) electrons. The maximum atomic E-state index is 12.6. The van der Waals surface area contributed by atoms with Gasteiger partial charge in [0.25, 0.3) is 0 Å². The van der Waals surface area contributed by atoms with Crippen LogP contribution in [0.4, 0.5) is 5.82 Å². The van der Waals surface area contributed by atoms with Crippen molar-refractivity contribution >= 4 is 11.7 Å². The lowest BCUT2D eigenvalue weighted by atomic mass is 10.1. The molecule has 1 N–H and O–H groups in total. The van der Waals surface area contributed by atoms with Crippen LogP contribution in [-0.4, -0.2) is 20.7 Å². The molecule has 0 aromatic carbocycles. The molecule has 2 atom stereocenters. The maximum Gasteiger partial charge on any atom is 0.229 e. The average Bonchev–Trinajstić information content (AvgIpc) is 2.90. The predicted molar refractivity (Wildman–Crippen MR) is 99.0 cm³/mol. The Morgan fingerprint density at radius 1 is 1.32 bits per heavy atom. The number of allylic oxidation sites excluding steroid dienone is 2. The van der Waals surface area contributed by atoms with Crippen molar-refractivity contribution in [1.29, 1.82) is 0 Å². The number of nitrogens with zero attached hydrogens (tertiary/aromatic N) is 3. The molecular weight excluding hydrogens is 312 g/mol. The monoisotopic (exact) mass is 338 g/mol. The second-order valence-corrected chi connectivity index (χ2v) is 7.59. The second-order valence-electron chi connectivity index (χ2n) is 7.59. The molecule has 1 aliphatic carbocycles. The third-order valence-corrected chi connectivity index (χ3v) is 4.92. The molecule has 25 heavy (non-hydrogen) atoms. The third-order valence-electron chi connectivity index (χ3n) is 4.92. The van der Waals surface area contributed by atoms with Gasteiger partial charge in [0.1, 0.15) is 0 Å². The van der Waals surface area contributed by atoms with Crippen molar-refractivity contribution in [2.45, 2.75) is 40.7 Å². The van der Waals surface area contributed by atoms with Crippen molar-refractivity contribution in [3.63, 3.8) is 0 Å². The molecule has 5 nitrogen and oxygen atoms in total. The number of nitrogens with one attached hydrogen (secondary N) is 1. The molecule has 1 fully saturated rings. The van der Waals surface area contributed by atoms with Crippen LogP contribution in [0, 0.1) is 17.3 Å². The van der Waals surface area contributed by atoms with Gasteiger partial charge in [0.2, 0.25) is 5.91 Å². The molecule has 1 amide bonds. The van der Waals surface area contributed by atoms with Crippen LogP contribution in [0.3, 0.4) is 0 Å². The molecule has 1 saturated carbocycles. The van der Waals surface area contributed by atoms with Crippen LogP contribution < -0.4 is 5.32 Å². The molecular formula is C20H26N4O. The summed E-state index contributed by atoms with van der Waals surface area (Å²) in [6.07, 6.45) is 6.71. The van der Waals surface area contributed by atoms with Gasteiger partial charge in [0.15, 0.2) is 5.82 Å². The highest BCUT2D eigenvalue weighted by molar-refractivity contribution is 5.95. The summed E-state index contributed by atoms with van der Waals surface area (Å²) in [7, 11) is 0. The van der Waals surface area contributed by atoms with E-state index in [9.17, 15) is 4.79 Å². The van der Waals surface area contributed by atoms with E-state index in [2.05, 4.69) is 49.2 Å². The Bertz CT molecular complexity index is 772. The highest BCUT2D eigenvalue weighted by Crippen LogP contribution is 2.59. The predicted octanol–water partition coefficient (Wildman–Crippen LogP) is 3.70. The SMILES string of the molecule is CC(C)=C[C@H]1[C@H](C(=O)Nc2ccn(CCc3ccccn3)n2)C1(C)C. The number of amides is 1. The van der Waals surface area contributed by atoms with Crippen molar-refractivity contribution in [3.8, 4) is 0 Å². The van der Waals surface area contributed by atoms with Gasteiger partial charge in [0, 0.05) is 37.1 Å². The molecule has 0 saturated heterocycles. The zero-order valence-electron chi connectivity index (χ0n) is 15.4. The zero-order chi connectivity index (χ0) is 18.0. The Hall–Kier alpha value is -2.43. The number of anilines is 1. The Morgan fingerprint density at radius 3 is 2.80 bits per heavy atom. The Kier molecular flexibility index (Phi) is 4.75. The molecule has 5 heteroatoms. The Labute approximate surface area is 149 Å². The van der Waals surface area contributed by atoms with E-state index in [4.69, 9.17) is 0 Å². The van der Waals surface area contributed by atoms with E-state index in [0.29, 0.717) is 11.7 Å². The fourth-order valence-electron chi connectivity index (χ4n) is 3.38. The molecule has 0 aliphatic heterocycles. The van der Waals surface area contributed by atoms with Gasteiger partial charge in [-0.3, -0.25) is 14.5 Å². The van der Waals surface area contributed by atoms with Gasteiger partial charge in [0.05, 0.1) is 5.92 Å². The van der Waals surface area contributed by atoms with Gasteiger partial charge in [-0.15, -0.1) is 0 Å². The lowest BCUT2D eigenvalue weighted by Gasteiger charge is -2.04. The van der Waals surface area contributed by atoms with E-state index in [1.165, 1.54) is 5.57 Å². The quantitative estimate of drug-likeness (QED) is 0.817. The number of pyridine rings is 1. The van der Waals surface area contributed by atoms with Crippen molar-refractivity contribution in [3.05, 3.63) is 54.0 Å². The van der Waals surface area contributed by atoms with Gasteiger partial charge in [-0.2, -0.15) is 5.10 Å². The summed E-state index contributed by atoms with van der Waals surface area (Å²) in [5, 5.41) is 7.42. The second kappa shape index (κ2) is 6.82. The Morgan fingerprint density at radius 2 is 2.12 bits per heavy atom. The summed E-state index contributed by atoms with van der Waals surface area (Å²) in [5.41, 5.74) is 2.31. The third kappa shape index (κ3) is 3.98. The summed E-state index contributed by atoms with van der Waals surface area (Å²) < 4.78 is 1.84. The van der Waals surface area contributed by atoms with Gasteiger partial charge in [-0.05, 0) is 37.3 Å². The van der Waals surface area contributed by atoms with Gasteiger partial charge in [-0.25, -0.2) is 0 Å². The highest BCUT2D eigenvalue weighted by atomic mass is 16.2. The van der Waals surface area contributed by atoms with Crippen molar-refractivity contribution in [1.82, 2.24) is 14.8 Å². The standard InChI is InChI=1S/C20H26N4O/c1-14(2)13-16-18(20(16,3)4)19(25)22-17-9-12-24(23-17)11-8-15-7-5-6-10-21-15/h5-7,9-10,12-13,16,18H,8,11H2,1-4H3,(H,22,23,25)/t16-,18+/m0/s1. The number of hydrogen-bond acceptors (Lipinski definition) is 3. The van der Waals surface area contributed by atoms with Crippen LogP contribution in [0.2, 0.25) is 0 Å². The fourth-order valence-corrected chi connectivity index (χ4v) is 3.38. The van der Waals surface area contributed by atoms with Crippen molar-refractivity contribution in [2.75, 3.05) is 5.32 Å². The minimum atomic E-state index is 0.0149. The van der Waals surface area contributed by atoms with E-state index < -0.39 is 0 Å². The molecule has 0 unspecified atom stereocenters. The van der Waals surface area contributed by atoms with Crippen molar-refractivity contribution in [2.24, 2.45) is 17.3 Å². The van der Waals surface area contributed by atoms with E-state index in [-0.39, 0.29) is 17.2 Å². The summed E-state index contributed by atoms with van der Waals surface area (Å²) >= 11 is 0. The molecule has 1 aliphatic rings. The summed E-state index contributed by atoms with van der Waals surface area (Å²) in [4.78, 5) is 16.9. The lowest BCUT2D eigenvalue weighted by molar-refractivity contribution is -0.118. The Balaban J connectivity index is 1.56. The fraction of sp³-hybridized carbons (Fsp3) is 0.450. The maximum absolute atomic E-state index is 12.6. The van der Waals surface area contributed by atoms with Crippen LogP contribution in [-0.2, 0) is 17.8 Å². The summed E-state index contributed by atoms with van der Waals surface area (Å²) in [6, 6.07) is 7.75. The normalized spacial score (nSPS) is 20.8. The van der Waals surface area contributed by atoms with E-state index in [1.54, 1.807) is 6.20 Å². The number of carbonyl (C=O) groups excluding carboxylic acids is 1. The van der Waals surface area contributed by atoms with Crippen LogP contribution in [0.5, 0.6) is 0 Å². The molecule has 0 spiro atoms. The molecule has 3 rings (SSSR count). The first-order valence-corrected chi connectivity index (χ1v) is 8.77. The van der Waals surface area contributed by atoms with Crippen LogP contribution in [0.25, 0.3) is 0 Å². The first kappa shape index (κ1) is 17.4. The molecule has 2 aromatic heterocycles. The molecule has 2 aromatic rings. The largest absolute Gasteiger partial charge is 0.309 e. The van der Waals surface area contributed by atoms with Gasteiger partial charge in [-0.1, -0.05) is 31.6 Å². The number of hydrogen-bond donors (Lipinski definition) is 1. The van der Waals surface area contributed by atoms with E-state index in [1.807, 2.05) is 35.1 Å². The zero-order valence-corrected chi connectivity index (χ0v) is 15.4. The average molecular weight is 338 g/mol. The van der Waals surface area contributed by atoms with Crippen molar-refractivity contribution < 1.29 is 4.79 Å². The molecule has 132 valence electrons. The summed E-state index contributed by atoms with van der Waals surface area (Å²) in [6.45, 7) is 9.18. The number of aryl methyl sites for hydroxylation is 2. The minimum absolute atomic E-state index is 0.0149. The first-order chi connectivity index (χ1) is 11.9. The van der Waals surface area contributed by atoms with E-state index in [0.717, 1.165) is 18.7 Å². The minimum Gasteiger partial charge on any atom is -0.309 e. The van der Waals surface area contributed by atoms with Gasteiger partial charge < -0.3 is 5.32 Å². The smallest absolute Gasteiger partial charge is 0.229 e. The summed E-state index contributed by atoms with van der Waals surface area (Å²) in [5.74, 6) is 0.997.